The van der Waals surface area contributed by atoms with E-state index < -0.39 is 0 Å². The van der Waals surface area contributed by atoms with E-state index in [-0.39, 0.29) is 0 Å². The highest BCUT2D eigenvalue weighted by Gasteiger charge is 2.07. The molecule has 0 aliphatic heterocycles. The lowest BCUT2D eigenvalue weighted by molar-refractivity contribution is -0.121. The van der Waals surface area contributed by atoms with Crippen LogP contribution in [0.15, 0.2) is 46.2 Å². The molecule has 4 N–H and O–H groups in total. The Bertz CT molecular complexity index is 635. The van der Waals surface area contributed by atoms with Crippen LogP contribution in [-0.4, -0.2) is 12.9 Å². The average molecular weight is 336 g/mol. The fourth-order valence-electron chi connectivity index (χ4n) is 1.55. The number of nitrogen functional groups attached to an aromatic ring is 2. The van der Waals surface area contributed by atoms with E-state index in [0.717, 1.165) is 9.79 Å². The molecule has 0 aliphatic rings. The fraction of sp³-hybridized carbons (Fsp3) is 0. The first-order chi connectivity index (χ1) is 10.6. The summed E-state index contributed by atoms with van der Waals surface area (Å²) in [6, 6.07) is 9.96. The molecule has 0 saturated heterocycles. The number of carbonyl (C=O) groups is 2. The lowest BCUT2D eigenvalue weighted by Gasteiger charge is -2.08. The molecule has 0 aromatic heterocycles. The number of anilines is 2. The van der Waals surface area contributed by atoms with Crippen LogP contribution in [0.5, 0.6) is 11.5 Å². The van der Waals surface area contributed by atoms with Crippen molar-refractivity contribution < 1.29 is 19.1 Å². The van der Waals surface area contributed by atoms with Crippen LogP contribution < -0.4 is 20.9 Å². The van der Waals surface area contributed by atoms with Crippen molar-refractivity contribution in [1.82, 2.24) is 0 Å². The molecule has 0 amide bonds. The molecule has 114 valence electrons. The predicted octanol–water partition coefficient (Wildman–Crippen LogP) is 2.72. The molecule has 2 aromatic rings. The van der Waals surface area contributed by atoms with Crippen molar-refractivity contribution in [2.45, 2.75) is 9.79 Å². The molecule has 8 heteroatoms. The molecular weight excluding hydrogens is 324 g/mol. The predicted molar refractivity (Wildman–Crippen MR) is 86.8 cm³/mol. The van der Waals surface area contributed by atoms with Gasteiger partial charge in [-0.25, -0.2) is 0 Å². The van der Waals surface area contributed by atoms with E-state index in [4.69, 9.17) is 20.9 Å². The summed E-state index contributed by atoms with van der Waals surface area (Å²) in [5.74, 6) is 0.772. The first kappa shape index (κ1) is 16.1. The van der Waals surface area contributed by atoms with Crippen molar-refractivity contribution in [3.05, 3.63) is 36.4 Å². The summed E-state index contributed by atoms with van der Waals surface area (Å²) in [5, 5.41) is 0. The SMILES string of the molecule is Nc1cc(OC=O)ccc1SSc1ccc(OC=O)cc1N. The second kappa shape index (κ2) is 7.62. The minimum Gasteiger partial charge on any atom is -0.429 e. The summed E-state index contributed by atoms with van der Waals surface area (Å²) in [6.45, 7) is 0.694. The maximum Gasteiger partial charge on any atom is 0.298 e. The molecule has 2 aromatic carbocycles. The third kappa shape index (κ3) is 4.09. The van der Waals surface area contributed by atoms with Gasteiger partial charge in [0, 0.05) is 33.3 Å². The zero-order valence-corrected chi connectivity index (χ0v) is 12.9. The van der Waals surface area contributed by atoms with Crippen molar-refractivity contribution in [3.8, 4) is 11.5 Å². The van der Waals surface area contributed by atoms with Gasteiger partial charge in [-0.2, -0.15) is 0 Å². The summed E-state index contributed by atoms with van der Waals surface area (Å²) in [6.07, 6.45) is 0. The second-order valence-corrected chi connectivity index (χ2v) is 6.21. The zero-order valence-electron chi connectivity index (χ0n) is 11.2. The zero-order chi connectivity index (χ0) is 15.9. The van der Waals surface area contributed by atoms with E-state index in [1.807, 2.05) is 0 Å². The molecule has 22 heavy (non-hydrogen) atoms. The molecule has 0 heterocycles. The van der Waals surface area contributed by atoms with Gasteiger partial charge in [0.2, 0.25) is 0 Å². The van der Waals surface area contributed by atoms with Gasteiger partial charge >= 0.3 is 0 Å². The Labute approximate surface area is 134 Å². The molecule has 2 rings (SSSR count). The van der Waals surface area contributed by atoms with Gasteiger partial charge in [0.1, 0.15) is 11.5 Å². The van der Waals surface area contributed by atoms with Crippen LogP contribution in [0.1, 0.15) is 0 Å². The van der Waals surface area contributed by atoms with Crippen molar-refractivity contribution in [3.63, 3.8) is 0 Å². The lowest BCUT2D eigenvalue weighted by Crippen LogP contribution is -1.93. The maximum atomic E-state index is 10.3. The van der Waals surface area contributed by atoms with E-state index >= 15 is 0 Å². The smallest absolute Gasteiger partial charge is 0.298 e. The molecule has 0 saturated carbocycles. The van der Waals surface area contributed by atoms with E-state index in [0.29, 0.717) is 35.8 Å². The van der Waals surface area contributed by atoms with Gasteiger partial charge in [0.25, 0.3) is 12.9 Å². The van der Waals surface area contributed by atoms with E-state index in [1.54, 1.807) is 36.4 Å². The Kier molecular flexibility index (Phi) is 5.56. The van der Waals surface area contributed by atoms with E-state index in [1.165, 1.54) is 21.6 Å². The lowest BCUT2D eigenvalue weighted by atomic mass is 10.3. The molecule has 6 nitrogen and oxygen atoms in total. The van der Waals surface area contributed by atoms with Crippen molar-refractivity contribution >= 4 is 45.9 Å². The van der Waals surface area contributed by atoms with Gasteiger partial charge in [-0.1, -0.05) is 21.6 Å². The van der Waals surface area contributed by atoms with Gasteiger partial charge in [-0.3, -0.25) is 9.59 Å². The molecule has 0 radical (unpaired) electrons. The molecule has 0 bridgehead atoms. The summed E-state index contributed by atoms with van der Waals surface area (Å²) >= 11 is 0. The highest BCUT2D eigenvalue weighted by Crippen LogP contribution is 2.43. The van der Waals surface area contributed by atoms with Crippen molar-refractivity contribution in [1.29, 1.82) is 0 Å². The van der Waals surface area contributed by atoms with Gasteiger partial charge in [0.05, 0.1) is 0 Å². The number of carbonyl (C=O) groups excluding carboxylic acids is 2. The van der Waals surface area contributed by atoms with E-state index in [9.17, 15) is 9.59 Å². The summed E-state index contributed by atoms with van der Waals surface area (Å²) < 4.78 is 9.44. The third-order valence-electron chi connectivity index (χ3n) is 2.55. The monoisotopic (exact) mass is 336 g/mol. The molecule has 0 aliphatic carbocycles. The molecule has 0 fully saturated rings. The van der Waals surface area contributed by atoms with Crippen molar-refractivity contribution in [2.24, 2.45) is 0 Å². The number of rotatable bonds is 7. The summed E-state index contributed by atoms with van der Waals surface area (Å²) in [4.78, 5) is 22.2. The van der Waals surface area contributed by atoms with Crippen LogP contribution in [-0.2, 0) is 9.59 Å². The number of ether oxygens (including phenoxy) is 2. The summed E-state index contributed by atoms with van der Waals surface area (Å²) in [7, 11) is 2.84. The second-order valence-electron chi connectivity index (χ2n) is 3.99. The largest absolute Gasteiger partial charge is 0.429 e. The number of nitrogens with two attached hydrogens (primary N) is 2. The number of hydrogen-bond acceptors (Lipinski definition) is 8. The maximum absolute atomic E-state index is 10.3. The van der Waals surface area contributed by atoms with Crippen LogP contribution in [0.4, 0.5) is 11.4 Å². The normalized spacial score (nSPS) is 10.0. The van der Waals surface area contributed by atoms with Crippen LogP contribution >= 0.6 is 21.6 Å². The number of benzene rings is 2. The fourth-order valence-corrected chi connectivity index (χ4v) is 3.74. The molecule has 0 unspecified atom stereocenters. The molecular formula is C14H12N2O4S2. The van der Waals surface area contributed by atoms with Gasteiger partial charge in [0.15, 0.2) is 0 Å². The quantitative estimate of drug-likeness (QED) is 0.452. The van der Waals surface area contributed by atoms with Crippen LogP contribution in [0.25, 0.3) is 0 Å². The number of hydrogen-bond donors (Lipinski definition) is 2. The first-order valence-corrected chi connectivity index (χ1v) is 8.13. The Morgan fingerprint density at radius 1 is 0.773 bits per heavy atom. The minimum absolute atomic E-state index is 0.347. The highest BCUT2D eigenvalue weighted by atomic mass is 33.1. The molecule has 0 atom stereocenters. The van der Waals surface area contributed by atoms with Gasteiger partial charge in [-0.05, 0) is 24.3 Å². The van der Waals surface area contributed by atoms with Crippen LogP contribution in [0.3, 0.4) is 0 Å². The third-order valence-corrected chi connectivity index (χ3v) is 5.07. The minimum atomic E-state index is 0.347. The van der Waals surface area contributed by atoms with Crippen LogP contribution in [0.2, 0.25) is 0 Å². The Hall–Kier alpha value is -2.32. The van der Waals surface area contributed by atoms with E-state index in [2.05, 4.69) is 0 Å². The molecule has 0 spiro atoms. The average Bonchev–Trinajstić information content (AvgIpc) is 2.49. The Morgan fingerprint density at radius 2 is 1.18 bits per heavy atom. The standard InChI is InChI=1S/C14H12N2O4S2/c15-11-5-9(19-7-17)1-3-13(11)21-22-14-4-2-10(20-8-18)6-12(14)16/h1-8H,15-16H2. The van der Waals surface area contributed by atoms with Crippen LogP contribution in [0, 0.1) is 0 Å². The first-order valence-electron chi connectivity index (χ1n) is 5.98. The topological polar surface area (TPSA) is 105 Å². The Morgan fingerprint density at radius 3 is 1.50 bits per heavy atom. The summed E-state index contributed by atoms with van der Waals surface area (Å²) in [5.41, 5.74) is 12.8. The highest BCUT2D eigenvalue weighted by molar-refractivity contribution is 8.76. The van der Waals surface area contributed by atoms with Gasteiger partial charge < -0.3 is 20.9 Å². The Balaban J connectivity index is 2.06. The van der Waals surface area contributed by atoms with Crippen molar-refractivity contribution in [2.75, 3.05) is 11.5 Å². The van der Waals surface area contributed by atoms with Gasteiger partial charge in [-0.15, -0.1) is 0 Å².